The molecule has 1 saturated carbocycles. The fourth-order valence-corrected chi connectivity index (χ4v) is 1.86. The molecule has 0 bridgehead atoms. The highest BCUT2D eigenvalue weighted by Gasteiger charge is 2.21. The van der Waals surface area contributed by atoms with E-state index in [0.29, 0.717) is 5.82 Å². The first-order valence-electron chi connectivity index (χ1n) is 5.24. The van der Waals surface area contributed by atoms with E-state index >= 15 is 0 Å². The number of hydrogen-bond donors (Lipinski definition) is 3. The average molecular weight is 209 g/mol. The van der Waals surface area contributed by atoms with Gasteiger partial charge in [-0.2, -0.15) is 0 Å². The number of carbonyl (C=O) groups excluding carboxylic acids is 1. The van der Waals surface area contributed by atoms with Crippen LogP contribution in [0.5, 0.6) is 0 Å². The number of nitrogens with zero attached hydrogens (tertiary/aromatic N) is 1. The van der Waals surface area contributed by atoms with Crippen LogP contribution in [0.4, 0.5) is 0 Å². The Kier molecular flexibility index (Phi) is 3.01. The lowest BCUT2D eigenvalue weighted by atomic mass is 9.93. The zero-order valence-electron chi connectivity index (χ0n) is 8.44. The van der Waals surface area contributed by atoms with Gasteiger partial charge in [0.1, 0.15) is 0 Å². The van der Waals surface area contributed by atoms with Crippen LogP contribution >= 0.6 is 0 Å². The quantitative estimate of drug-likeness (QED) is 0.661. The molecule has 15 heavy (non-hydrogen) atoms. The van der Waals surface area contributed by atoms with Gasteiger partial charge in [0.15, 0.2) is 5.82 Å². The number of amides is 1. The van der Waals surface area contributed by atoms with Gasteiger partial charge < -0.3 is 15.4 Å². The Morgan fingerprint density at radius 2 is 2.20 bits per heavy atom. The topological polar surface area (TPSA) is 78.0 Å². The second-order valence-electron chi connectivity index (χ2n) is 3.92. The molecule has 0 aliphatic heterocycles. The third-order valence-corrected chi connectivity index (χ3v) is 2.75. The molecule has 5 heteroatoms. The summed E-state index contributed by atoms with van der Waals surface area (Å²) in [7, 11) is 0. The maximum absolute atomic E-state index is 11.6. The van der Waals surface area contributed by atoms with Crippen molar-refractivity contribution in [3.8, 4) is 0 Å². The van der Waals surface area contributed by atoms with Crippen LogP contribution < -0.4 is 5.32 Å². The molecule has 1 fully saturated rings. The van der Waals surface area contributed by atoms with E-state index in [0.717, 1.165) is 25.7 Å². The summed E-state index contributed by atoms with van der Waals surface area (Å²) in [4.78, 5) is 18.2. The number of H-pyrrole nitrogens is 1. The Labute approximate surface area is 87.9 Å². The number of aromatic nitrogens is 2. The van der Waals surface area contributed by atoms with Crippen LogP contribution in [0.25, 0.3) is 0 Å². The summed E-state index contributed by atoms with van der Waals surface area (Å²) in [6.07, 6.45) is 6.20. The fourth-order valence-electron chi connectivity index (χ4n) is 1.86. The second kappa shape index (κ2) is 4.44. The molecule has 0 aromatic carbocycles. The maximum Gasteiger partial charge on any atom is 0.287 e. The van der Waals surface area contributed by atoms with Gasteiger partial charge in [-0.1, -0.05) is 0 Å². The SMILES string of the molecule is O=C(NC1CCC(O)CC1)c1ncc[nH]1. The summed E-state index contributed by atoms with van der Waals surface area (Å²) in [5, 5.41) is 12.2. The predicted octanol–water partition coefficient (Wildman–Crippen LogP) is 0.443. The molecule has 0 radical (unpaired) electrons. The fraction of sp³-hybridized carbons (Fsp3) is 0.600. The van der Waals surface area contributed by atoms with Gasteiger partial charge in [-0.15, -0.1) is 0 Å². The van der Waals surface area contributed by atoms with Crippen molar-refractivity contribution < 1.29 is 9.90 Å². The summed E-state index contributed by atoms with van der Waals surface area (Å²) in [6.45, 7) is 0. The number of rotatable bonds is 2. The number of carbonyl (C=O) groups is 1. The Hall–Kier alpha value is -1.36. The van der Waals surface area contributed by atoms with Crippen molar-refractivity contribution in [1.29, 1.82) is 0 Å². The molecule has 1 aromatic heterocycles. The molecular weight excluding hydrogens is 194 g/mol. The Balaban J connectivity index is 1.85. The lowest BCUT2D eigenvalue weighted by molar-refractivity contribution is 0.0859. The highest BCUT2D eigenvalue weighted by molar-refractivity contribution is 5.90. The third kappa shape index (κ3) is 2.56. The van der Waals surface area contributed by atoms with E-state index in [1.165, 1.54) is 0 Å². The first kappa shape index (κ1) is 10.2. The summed E-state index contributed by atoms with van der Waals surface area (Å²) in [5.74, 6) is 0.183. The van der Waals surface area contributed by atoms with E-state index in [4.69, 9.17) is 0 Å². The lowest BCUT2D eigenvalue weighted by Gasteiger charge is -2.25. The first-order chi connectivity index (χ1) is 7.25. The van der Waals surface area contributed by atoms with E-state index in [-0.39, 0.29) is 18.1 Å². The molecule has 3 N–H and O–H groups in total. The zero-order valence-corrected chi connectivity index (χ0v) is 8.44. The van der Waals surface area contributed by atoms with Crippen molar-refractivity contribution in [2.75, 3.05) is 0 Å². The van der Waals surface area contributed by atoms with Gasteiger partial charge in [-0.05, 0) is 25.7 Å². The number of aromatic amines is 1. The minimum atomic E-state index is -0.193. The van der Waals surface area contributed by atoms with Crippen molar-refractivity contribution in [3.63, 3.8) is 0 Å². The number of aliphatic hydroxyl groups is 1. The van der Waals surface area contributed by atoms with Crippen LogP contribution in [0.1, 0.15) is 36.3 Å². The molecule has 2 rings (SSSR count). The maximum atomic E-state index is 11.6. The van der Waals surface area contributed by atoms with Crippen LogP contribution in [-0.4, -0.2) is 33.1 Å². The van der Waals surface area contributed by atoms with Crippen LogP contribution in [0.2, 0.25) is 0 Å². The van der Waals surface area contributed by atoms with E-state index in [9.17, 15) is 9.90 Å². The first-order valence-corrected chi connectivity index (χ1v) is 5.24. The number of hydrogen-bond acceptors (Lipinski definition) is 3. The van der Waals surface area contributed by atoms with Gasteiger partial charge in [0.25, 0.3) is 5.91 Å². The van der Waals surface area contributed by atoms with Gasteiger partial charge >= 0.3 is 0 Å². The smallest absolute Gasteiger partial charge is 0.287 e. The third-order valence-electron chi connectivity index (χ3n) is 2.75. The van der Waals surface area contributed by atoms with Gasteiger partial charge in [0.2, 0.25) is 0 Å². The predicted molar refractivity (Wildman–Crippen MR) is 54.3 cm³/mol. The largest absolute Gasteiger partial charge is 0.393 e. The van der Waals surface area contributed by atoms with Crippen molar-refractivity contribution in [2.45, 2.75) is 37.8 Å². The van der Waals surface area contributed by atoms with Gasteiger partial charge in [-0.3, -0.25) is 4.79 Å². The van der Waals surface area contributed by atoms with Crippen LogP contribution in [0.3, 0.4) is 0 Å². The monoisotopic (exact) mass is 209 g/mol. The molecule has 5 nitrogen and oxygen atoms in total. The summed E-state index contributed by atoms with van der Waals surface area (Å²) >= 11 is 0. The van der Waals surface area contributed by atoms with E-state index in [1.807, 2.05) is 0 Å². The minimum absolute atomic E-state index is 0.165. The Morgan fingerprint density at radius 3 is 2.80 bits per heavy atom. The van der Waals surface area contributed by atoms with Gasteiger partial charge in [0, 0.05) is 18.4 Å². The molecule has 0 saturated heterocycles. The minimum Gasteiger partial charge on any atom is -0.393 e. The van der Waals surface area contributed by atoms with Crippen molar-refractivity contribution in [1.82, 2.24) is 15.3 Å². The zero-order chi connectivity index (χ0) is 10.7. The van der Waals surface area contributed by atoms with Crippen molar-refractivity contribution >= 4 is 5.91 Å². The molecular formula is C10H15N3O2. The molecule has 1 aliphatic carbocycles. The summed E-state index contributed by atoms with van der Waals surface area (Å²) in [5.41, 5.74) is 0. The van der Waals surface area contributed by atoms with Crippen LogP contribution in [0.15, 0.2) is 12.4 Å². The normalized spacial score (nSPS) is 26.2. The van der Waals surface area contributed by atoms with Crippen LogP contribution in [-0.2, 0) is 0 Å². The molecule has 82 valence electrons. The Morgan fingerprint density at radius 1 is 1.47 bits per heavy atom. The van der Waals surface area contributed by atoms with Gasteiger partial charge in [-0.25, -0.2) is 4.98 Å². The number of aliphatic hydroxyl groups excluding tert-OH is 1. The molecule has 1 amide bonds. The molecule has 0 atom stereocenters. The highest BCUT2D eigenvalue weighted by atomic mass is 16.3. The number of imidazole rings is 1. The van der Waals surface area contributed by atoms with Crippen LogP contribution in [0, 0.1) is 0 Å². The molecule has 1 aromatic rings. The highest BCUT2D eigenvalue weighted by Crippen LogP contribution is 2.18. The second-order valence-corrected chi connectivity index (χ2v) is 3.92. The van der Waals surface area contributed by atoms with E-state index in [2.05, 4.69) is 15.3 Å². The van der Waals surface area contributed by atoms with E-state index in [1.54, 1.807) is 12.4 Å². The van der Waals surface area contributed by atoms with Crippen molar-refractivity contribution in [2.24, 2.45) is 0 Å². The van der Waals surface area contributed by atoms with Crippen molar-refractivity contribution in [3.05, 3.63) is 18.2 Å². The molecule has 0 spiro atoms. The Bertz CT molecular complexity index is 315. The summed E-state index contributed by atoms with van der Waals surface area (Å²) < 4.78 is 0. The average Bonchev–Trinajstić information content (AvgIpc) is 2.74. The molecule has 0 unspecified atom stereocenters. The standard InChI is InChI=1S/C10H15N3O2/c14-8-3-1-7(2-4-8)13-10(15)9-11-5-6-12-9/h5-8,14H,1-4H2,(H,11,12)(H,13,15). The molecule has 1 heterocycles. The van der Waals surface area contributed by atoms with Gasteiger partial charge in [0.05, 0.1) is 6.10 Å². The van der Waals surface area contributed by atoms with E-state index < -0.39 is 0 Å². The lowest BCUT2D eigenvalue weighted by Crippen LogP contribution is -2.39. The molecule has 1 aliphatic rings. The summed E-state index contributed by atoms with van der Waals surface area (Å²) in [6, 6.07) is 0.172. The number of nitrogens with one attached hydrogen (secondary N) is 2.